The SMILES string of the molecule is CC12CC(NC(=O)N1c1cccc(C(=O)N3CCc4ccccc4C3)c1)c1cc(C(F)(F)F)ccc1O2. The zero-order valence-electron chi connectivity index (χ0n) is 20.0. The van der Waals surface area contributed by atoms with Gasteiger partial charge in [0.05, 0.1) is 17.3 Å². The van der Waals surface area contributed by atoms with Crippen LogP contribution in [-0.4, -0.2) is 29.1 Å². The van der Waals surface area contributed by atoms with Crippen LogP contribution in [0.2, 0.25) is 0 Å². The molecule has 3 aliphatic rings. The molecule has 2 atom stereocenters. The zero-order chi connectivity index (χ0) is 25.9. The fraction of sp³-hybridized carbons (Fsp3) is 0.286. The van der Waals surface area contributed by atoms with E-state index in [4.69, 9.17) is 4.74 Å². The molecule has 0 saturated carbocycles. The van der Waals surface area contributed by atoms with E-state index < -0.39 is 29.5 Å². The minimum Gasteiger partial charge on any atom is -0.467 e. The van der Waals surface area contributed by atoms with Gasteiger partial charge < -0.3 is 15.0 Å². The van der Waals surface area contributed by atoms with E-state index in [2.05, 4.69) is 11.4 Å². The summed E-state index contributed by atoms with van der Waals surface area (Å²) in [6.45, 7) is 2.85. The highest BCUT2D eigenvalue weighted by molar-refractivity contribution is 5.99. The summed E-state index contributed by atoms with van der Waals surface area (Å²) >= 11 is 0. The molecule has 0 spiro atoms. The van der Waals surface area contributed by atoms with E-state index in [1.54, 1.807) is 36.1 Å². The van der Waals surface area contributed by atoms with Gasteiger partial charge in [-0.05, 0) is 60.9 Å². The first-order valence-electron chi connectivity index (χ1n) is 12.1. The lowest BCUT2D eigenvalue weighted by Crippen LogP contribution is -2.65. The number of nitrogens with zero attached hydrogens (tertiary/aromatic N) is 2. The number of hydrogen-bond acceptors (Lipinski definition) is 3. The molecule has 0 aromatic heterocycles. The van der Waals surface area contributed by atoms with Crippen molar-refractivity contribution in [2.45, 2.75) is 44.3 Å². The summed E-state index contributed by atoms with van der Waals surface area (Å²) in [4.78, 5) is 29.9. The number of amides is 3. The van der Waals surface area contributed by atoms with Gasteiger partial charge in [-0.2, -0.15) is 13.2 Å². The lowest BCUT2D eigenvalue weighted by atomic mass is 9.89. The number of halogens is 3. The van der Waals surface area contributed by atoms with Crippen LogP contribution in [0.15, 0.2) is 66.7 Å². The average Bonchev–Trinajstić information content (AvgIpc) is 2.87. The largest absolute Gasteiger partial charge is 0.467 e. The number of carbonyl (C=O) groups excluding carboxylic acids is 2. The van der Waals surface area contributed by atoms with Crippen LogP contribution in [0.5, 0.6) is 5.75 Å². The van der Waals surface area contributed by atoms with E-state index >= 15 is 0 Å². The number of carbonyl (C=O) groups is 2. The van der Waals surface area contributed by atoms with Crippen LogP contribution >= 0.6 is 0 Å². The molecule has 2 unspecified atom stereocenters. The molecule has 9 heteroatoms. The smallest absolute Gasteiger partial charge is 0.416 e. The van der Waals surface area contributed by atoms with E-state index in [9.17, 15) is 22.8 Å². The van der Waals surface area contributed by atoms with E-state index in [1.165, 1.54) is 16.5 Å². The molecule has 37 heavy (non-hydrogen) atoms. The predicted molar refractivity (Wildman–Crippen MR) is 130 cm³/mol. The van der Waals surface area contributed by atoms with Crippen LogP contribution in [0.25, 0.3) is 0 Å². The first-order valence-corrected chi connectivity index (χ1v) is 12.1. The Morgan fingerprint density at radius 1 is 1.05 bits per heavy atom. The molecule has 0 radical (unpaired) electrons. The van der Waals surface area contributed by atoms with Crippen molar-refractivity contribution in [2.75, 3.05) is 11.4 Å². The third-order valence-corrected chi connectivity index (χ3v) is 7.37. The van der Waals surface area contributed by atoms with Gasteiger partial charge in [0.1, 0.15) is 5.75 Å². The first-order chi connectivity index (χ1) is 17.6. The minimum absolute atomic E-state index is 0.133. The Bertz CT molecular complexity index is 1420. The fourth-order valence-corrected chi connectivity index (χ4v) is 5.57. The molecular weight excluding hydrogens is 483 g/mol. The Kier molecular flexibility index (Phi) is 5.22. The average molecular weight is 508 g/mol. The third-order valence-electron chi connectivity index (χ3n) is 7.37. The Morgan fingerprint density at radius 3 is 2.62 bits per heavy atom. The maximum atomic E-state index is 13.4. The highest BCUT2D eigenvalue weighted by Crippen LogP contribution is 2.47. The van der Waals surface area contributed by atoms with Gasteiger partial charge in [0.15, 0.2) is 5.72 Å². The molecule has 6 rings (SSSR count). The van der Waals surface area contributed by atoms with Crippen LogP contribution < -0.4 is 15.0 Å². The van der Waals surface area contributed by atoms with Gasteiger partial charge in [0, 0.05) is 30.6 Å². The van der Waals surface area contributed by atoms with Crippen molar-refractivity contribution < 1.29 is 27.5 Å². The Balaban J connectivity index is 1.29. The summed E-state index contributed by atoms with van der Waals surface area (Å²) in [5.74, 6) is 0.155. The number of anilines is 1. The standard InChI is InChI=1S/C28H24F3N3O3/c1-27-15-23(22-14-20(28(29,30)31)9-10-24(22)37-27)32-26(36)34(27)21-8-4-7-18(13-21)25(35)33-12-11-17-5-2-3-6-19(17)16-33/h2-10,13-14,23H,11-12,15-16H2,1H3,(H,32,36). The predicted octanol–water partition coefficient (Wildman–Crippen LogP) is 5.67. The van der Waals surface area contributed by atoms with Gasteiger partial charge in [0.2, 0.25) is 0 Å². The second-order valence-corrected chi connectivity index (χ2v) is 9.86. The van der Waals surface area contributed by atoms with Gasteiger partial charge in [0.25, 0.3) is 5.91 Å². The van der Waals surface area contributed by atoms with E-state index in [0.29, 0.717) is 29.9 Å². The van der Waals surface area contributed by atoms with Crippen LogP contribution in [0.3, 0.4) is 0 Å². The molecule has 0 aliphatic carbocycles. The maximum Gasteiger partial charge on any atom is 0.416 e. The van der Waals surface area contributed by atoms with E-state index in [1.807, 2.05) is 18.2 Å². The van der Waals surface area contributed by atoms with Crippen LogP contribution in [0.1, 0.15) is 52.0 Å². The van der Waals surface area contributed by atoms with Gasteiger partial charge in [-0.1, -0.05) is 30.3 Å². The number of benzene rings is 3. The Labute approximate surface area is 211 Å². The summed E-state index contributed by atoms with van der Waals surface area (Å²) in [6, 6.07) is 17.1. The minimum atomic E-state index is -4.50. The molecule has 2 bridgehead atoms. The molecule has 3 heterocycles. The number of fused-ring (bicyclic) bond motifs is 5. The summed E-state index contributed by atoms with van der Waals surface area (Å²) in [5.41, 5.74) is 1.64. The van der Waals surface area contributed by atoms with E-state index in [0.717, 1.165) is 24.1 Å². The normalized spacial score (nSPS) is 22.5. The molecular formula is C28H24F3N3O3. The second kappa shape index (κ2) is 8.26. The van der Waals surface area contributed by atoms with Gasteiger partial charge in [-0.15, -0.1) is 0 Å². The molecule has 1 saturated heterocycles. The van der Waals surface area contributed by atoms with Crippen molar-refractivity contribution >= 4 is 17.6 Å². The lowest BCUT2D eigenvalue weighted by molar-refractivity contribution is -0.137. The Hall–Kier alpha value is -4.01. The highest BCUT2D eigenvalue weighted by Gasteiger charge is 2.50. The van der Waals surface area contributed by atoms with Crippen LogP contribution in [0.4, 0.5) is 23.7 Å². The molecule has 1 N–H and O–H groups in total. The molecule has 190 valence electrons. The number of hydrogen-bond donors (Lipinski definition) is 1. The number of rotatable bonds is 2. The Morgan fingerprint density at radius 2 is 1.84 bits per heavy atom. The lowest BCUT2D eigenvalue weighted by Gasteiger charge is -2.50. The van der Waals surface area contributed by atoms with Gasteiger partial charge in [-0.3, -0.25) is 9.69 Å². The molecule has 6 nitrogen and oxygen atoms in total. The maximum absolute atomic E-state index is 13.4. The number of alkyl halides is 3. The number of ether oxygens (including phenoxy) is 1. The van der Waals surface area contributed by atoms with Crippen molar-refractivity contribution in [1.82, 2.24) is 10.2 Å². The van der Waals surface area contributed by atoms with Crippen molar-refractivity contribution in [3.63, 3.8) is 0 Å². The van der Waals surface area contributed by atoms with Gasteiger partial charge >= 0.3 is 12.2 Å². The summed E-state index contributed by atoms with van der Waals surface area (Å²) in [5, 5.41) is 2.82. The number of urea groups is 1. The van der Waals surface area contributed by atoms with Crippen LogP contribution in [-0.2, 0) is 19.1 Å². The highest BCUT2D eigenvalue weighted by atomic mass is 19.4. The monoisotopic (exact) mass is 507 g/mol. The zero-order valence-corrected chi connectivity index (χ0v) is 20.0. The second-order valence-electron chi connectivity index (χ2n) is 9.86. The molecule has 1 fully saturated rings. The fourth-order valence-electron chi connectivity index (χ4n) is 5.57. The summed E-state index contributed by atoms with van der Waals surface area (Å²) in [6.07, 6.45) is -3.48. The van der Waals surface area contributed by atoms with E-state index in [-0.39, 0.29) is 18.1 Å². The van der Waals surface area contributed by atoms with Crippen molar-refractivity contribution in [2.24, 2.45) is 0 Å². The number of nitrogens with one attached hydrogen (secondary N) is 1. The summed E-state index contributed by atoms with van der Waals surface area (Å²) < 4.78 is 45.9. The van der Waals surface area contributed by atoms with Crippen molar-refractivity contribution in [3.05, 3.63) is 94.5 Å². The van der Waals surface area contributed by atoms with Crippen LogP contribution in [0, 0.1) is 0 Å². The quantitative estimate of drug-likeness (QED) is 0.486. The van der Waals surface area contributed by atoms with Crippen molar-refractivity contribution in [1.29, 1.82) is 0 Å². The van der Waals surface area contributed by atoms with Crippen molar-refractivity contribution in [3.8, 4) is 5.75 Å². The topological polar surface area (TPSA) is 61.9 Å². The first kappa shape index (κ1) is 23.4. The molecule has 3 aromatic carbocycles. The summed E-state index contributed by atoms with van der Waals surface area (Å²) in [7, 11) is 0. The molecule has 3 amide bonds. The van der Waals surface area contributed by atoms with Gasteiger partial charge in [-0.25, -0.2) is 4.79 Å². The third kappa shape index (κ3) is 3.98. The molecule has 3 aliphatic heterocycles. The molecule has 3 aromatic rings.